The van der Waals surface area contributed by atoms with Crippen molar-refractivity contribution in [3.05, 3.63) is 70.3 Å². The maximum Gasteiger partial charge on any atom is 0.269 e. The zero-order chi connectivity index (χ0) is 23.0. The van der Waals surface area contributed by atoms with E-state index in [0.717, 1.165) is 5.56 Å². The van der Waals surface area contributed by atoms with Gasteiger partial charge in [-0.05, 0) is 31.5 Å². The van der Waals surface area contributed by atoms with E-state index in [2.05, 4.69) is 16.0 Å². The predicted octanol–water partition coefficient (Wildman–Crippen LogP) is 1.11. The molecule has 0 spiro atoms. The first kappa shape index (κ1) is 23.5. The molecule has 0 unspecified atom stereocenters. The van der Waals surface area contributed by atoms with Crippen molar-refractivity contribution in [3.63, 3.8) is 0 Å². The summed E-state index contributed by atoms with van der Waals surface area (Å²) in [5, 5.41) is 18.6. The van der Waals surface area contributed by atoms with Gasteiger partial charge in [-0.1, -0.05) is 30.3 Å². The van der Waals surface area contributed by atoms with E-state index in [1.165, 1.54) is 38.1 Å². The molecule has 10 nitrogen and oxygen atoms in total. The van der Waals surface area contributed by atoms with Crippen molar-refractivity contribution in [2.75, 3.05) is 5.32 Å². The van der Waals surface area contributed by atoms with E-state index in [9.17, 15) is 24.5 Å². The summed E-state index contributed by atoms with van der Waals surface area (Å²) >= 11 is 0. The van der Waals surface area contributed by atoms with Crippen LogP contribution in [0.4, 0.5) is 11.4 Å². The first-order valence-electron chi connectivity index (χ1n) is 9.63. The third-order valence-electron chi connectivity index (χ3n) is 4.43. The monoisotopic (exact) mass is 427 g/mol. The molecule has 0 saturated carbocycles. The van der Waals surface area contributed by atoms with Crippen molar-refractivity contribution < 1.29 is 19.3 Å². The number of nitrogens with two attached hydrogens (primary N) is 1. The molecule has 0 aliphatic rings. The summed E-state index contributed by atoms with van der Waals surface area (Å²) < 4.78 is 0. The molecule has 0 bridgehead atoms. The van der Waals surface area contributed by atoms with Gasteiger partial charge in [0.1, 0.15) is 12.1 Å². The highest BCUT2D eigenvalue weighted by Gasteiger charge is 2.25. The normalized spacial score (nSPS) is 13.4. The van der Waals surface area contributed by atoms with E-state index in [-0.39, 0.29) is 12.1 Å². The Morgan fingerprint density at radius 3 is 2.10 bits per heavy atom. The number of benzene rings is 2. The van der Waals surface area contributed by atoms with Gasteiger partial charge in [0, 0.05) is 24.2 Å². The highest BCUT2D eigenvalue weighted by molar-refractivity contribution is 5.98. The summed E-state index contributed by atoms with van der Waals surface area (Å²) in [4.78, 5) is 47.4. The number of carbonyl (C=O) groups is 3. The molecule has 2 aromatic rings. The molecule has 2 rings (SSSR count). The minimum absolute atomic E-state index is 0.106. The van der Waals surface area contributed by atoms with Gasteiger partial charge in [0.15, 0.2) is 0 Å². The summed E-state index contributed by atoms with van der Waals surface area (Å²) in [6, 6.07) is 11.8. The highest BCUT2D eigenvalue weighted by Crippen LogP contribution is 2.16. The molecule has 0 fully saturated rings. The van der Waals surface area contributed by atoms with Crippen LogP contribution >= 0.6 is 0 Å². The Balaban J connectivity index is 2.13. The van der Waals surface area contributed by atoms with Gasteiger partial charge in [-0.25, -0.2) is 0 Å². The second kappa shape index (κ2) is 10.8. The van der Waals surface area contributed by atoms with E-state index < -0.39 is 40.8 Å². The van der Waals surface area contributed by atoms with E-state index >= 15 is 0 Å². The molecule has 0 aliphatic heterocycles. The molecule has 0 aliphatic carbocycles. The molecule has 3 atom stereocenters. The Labute approximate surface area is 179 Å². The number of anilines is 1. The fourth-order valence-electron chi connectivity index (χ4n) is 2.66. The molecular formula is C21H25N5O5. The number of hydrogen-bond acceptors (Lipinski definition) is 6. The lowest BCUT2D eigenvalue weighted by atomic mass is 10.0. The molecule has 0 heterocycles. The predicted molar refractivity (Wildman–Crippen MR) is 115 cm³/mol. The summed E-state index contributed by atoms with van der Waals surface area (Å²) in [5.41, 5.74) is 6.56. The van der Waals surface area contributed by atoms with Crippen LogP contribution in [0.15, 0.2) is 54.6 Å². The second-order valence-corrected chi connectivity index (χ2v) is 7.06. The molecular weight excluding hydrogens is 402 g/mol. The average molecular weight is 427 g/mol. The SMILES string of the molecule is C[C@H](N)C(=O)N[C@H](C)C(=O)N[C@H](Cc1ccccc1)C(=O)Nc1ccc([N+](=O)[O-])cc1. The van der Waals surface area contributed by atoms with Crippen LogP contribution in [0.5, 0.6) is 0 Å². The van der Waals surface area contributed by atoms with Crippen molar-refractivity contribution in [1.82, 2.24) is 10.6 Å². The van der Waals surface area contributed by atoms with Crippen LogP contribution < -0.4 is 21.7 Å². The summed E-state index contributed by atoms with van der Waals surface area (Å²) in [6.45, 7) is 2.99. The van der Waals surface area contributed by atoms with Crippen LogP contribution in [-0.2, 0) is 20.8 Å². The largest absolute Gasteiger partial charge is 0.343 e. The van der Waals surface area contributed by atoms with Crippen LogP contribution in [-0.4, -0.2) is 40.8 Å². The van der Waals surface area contributed by atoms with Gasteiger partial charge >= 0.3 is 0 Å². The number of nitro benzene ring substituents is 1. The smallest absolute Gasteiger partial charge is 0.269 e. The number of rotatable bonds is 9. The number of nitrogens with one attached hydrogen (secondary N) is 3. The topological polar surface area (TPSA) is 156 Å². The van der Waals surface area contributed by atoms with E-state index in [1.807, 2.05) is 30.3 Å². The molecule has 31 heavy (non-hydrogen) atoms. The quantitative estimate of drug-likeness (QED) is 0.347. The van der Waals surface area contributed by atoms with Crippen molar-refractivity contribution >= 4 is 29.1 Å². The maximum atomic E-state index is 12.9. The minimum Gasteiger partial charge on any atom is -0.343 e. The second-order valence-electron chi connectivity index (χ2n) is 7.06. The Bertz CT molecular complexity index is 931. The molecule has 5 N–H and O–H groups in total. The number of carbonyl (C=O) groups excluding carboxylic acids is 3. The summed E-state index contributed by atoms with van der Waals surface area (Å²) in [5.74, 6) is -1.54. The van der Waals surface area contributed by atoms with Crippen LogP contribution in [0.3, 0.4) is 0 Å². The van der Waals surface area contributed by atoms with E-state index in [1.54, 1.807) is 0 Å². The number of nitro groups is 1. The molecule has 164 valence electrons. The number of non-ortho nitro benzene ring substituents is 1. The van der Waals surface area contributed by atoms with E-state index in [0.29, 0.717) is 5.69 Å². The number of amides is 3. The van der Waals surface area contributed by atoms with Gasteiger partial charge < -0.3 is 21.7 Å². The molecule has 10 heteroatoms. The Morgan fingerprint density at radius 2 is 1.55 bits per heavy atom. The third-order valence-corrected chi connectivity index (χ3v) is 4.43. The lowest BCUT2D eigenvalue weighted by molar-refractivity contribution is -0.384. The van der Waals surface area contributed by atoms with Crippen LogP contribution in [0, 0.1) is 10.1 Å². The third kappa shape index (κ3) is 7.19. The molecule has 3 amide bonds. The number of nitrogens with zero attached hydrogens (tertiary/aromatic N) is 1. The van der Waals surface area contributed by atoms with Crippen LogP contribution in [0.2, 0.25) is 0 Å². The number of hydrogen-bond donors (Lipinski definition) is 4. The molecule has 0 radical (unpaired) electrons. The molecule has 0 saturated heterocycles. The van der Waals surface area contributed by atoms with Crippen LogP contribution in [0.25, 0.3) is 0 Å². The summed E-state index contributed by atoms with van der Waals surface area (Å²) in [7, 11) is 0. The van der Waals surface area contributed by atoms with Gasteiger partial charge in [0.05, 0.1) is 11.0 Å². The van der Waals surface area contributed by atoms with Crippen molar-refractivity contribution in [2.45, 2.75) is 38.4 Å². The van der Waals surface area contributed by atoms with Gasteiger partial charge in [-0.2, -0.15) is 0 Å². The highest BCUT2D eigenvalue weighted by atomic mass is 16.6. The van der Waals surface area contributed by atoms with Gasteiger partial charge in [-0.15, -0.1) is 0 Å². The molecule has 0 aromatic heterocycles. The standard InChI is InChI=1S/C21H25N5O5/c1-13(22)19(27)23-14(2)20(28)25-18(12-15-6-4-3-5-7-15)21(29)24-16-8-10-17(11-9-16)26(30)31/h3-11,13-14,18H,12,22H2,1-2H3,(H,23,27)(H,24,29)(H,25,28)/t13-,14+,18+/m0/s1. The van der Waals surface area contributed by atoms with Crippen molar-refractivity contribution in [1.29, 1.82) is 0 Å². The summed E-state index contributed by atoms with van der Waals surface area (Å²) in [6.07, 6.45) is 0.208. The Morgan fingerprint density at radius 1 is 0.935 bits per heavy atom. The Kier molecular flexibility index (Phi) is 8.21. The minimum atomic E-state index is -0.945. The molecule has 2 aromatic carbocycles. The lowest BCUT2D eigenvalue weighted by Crippen LogP contribution is -2.54. The fraction of sp³-hybridized carbons (Fsp3) is 0.286. The average Bonchev–Trinajstić information content (AvgIpc) is 2.74. The lowest BCUT2D eigenvalue weighted by Gasteiger charge is -2.22. The fourth-order valence-corrected chi connectivity index (χ4v) is 2.66. The van der Waals surface area contributed by atoms with Crippen LogP contribution in [0.1, 0.15) is 19.4 Å². The Hall–Kier alpha value is -3.79. The zero-order valence-corrected chi connectivity index (χ0v) is 17.2. The van der Waals surface area contributed by atoms with Gasteiger partial charge in [0.25, 0.3) is 5.69 Å². The van der Waals surface area contributed by atoms with Gasteiger partial charge in [-0.3, -0.25) is 24.5 Å². The first-order valence-corrected chi connectivity index (χ1v) is 9.63. The van der Waals surface area contributed by atoms with E-state index in [4.69, 9.17) is 5.73 Å². The van der Waals surface area contributed by atoms with Crippen molar-refractivity contribution in [2.24, 2.45) is 5.73 Å². The van der Waals surface area contributed by atoms with Gasteiger partial charge in [0.2, 0.25) is 17.7 Å². The zero-order valence-electron chi connectivity index (χ0n) is 17.2. The van der Waals surface area contributed by atoms with Crippen molar-refractivity contribution in [3.8, 4) is 0 Å². The maximum absolute atomic E-state index is 12.9. The first-order chi connectivity index (χ1) is 14.7.